The molecule has 0 aliphatic heterocycles. The highest BCUT2D eigenvalue weighted by atomic mass is 16.5. The molecule has 0 amide bonds. The number of ether oxygens (including phenoxy) is 1. The lowest BCUT2D eigenvalue weighted by atomic mass is 9.67. The van der Waals surface area contributed by atoms with Crippen LogP contribution < -0.4 is 0 Å². The molecule has 0 N–H and O–H groups in total. The van der Waals surface area contributed by atoms with E-state index in [9.17, 15) is 4.79 Å². The number of hydrogen-bond acceptors (Lipinski definition) is 2. The average Bonchev–Trinajstić information content (AvgIpc) is 3.04. The fourth-order valence-corrected chi connectivity index (χ4v) is 10.2. The van der Waals surface area contributed by atoms with Crippen LogP contribution in [0.1, 0.15) is 12.8 Å². The first-order chi connectivity index (χ1) is 8.81. The Morgan fingerprint density at radius 2 is 1.61 bits per heavy atom. The van der Waals surface area contributed by atoms with E-state index < -0.39 is 0 Å². The highest BCUT2D eigenvalue weighted by molar-refractivity contribution is 5.82. The van der Waals surface area contributed by atoms with Gasteiger partial charge in [0.1, 0.15) is 0 Å². The Balaban J connectivity index is 1.64. The summed E-state index contributed by atoms with van der Waals surface area (Å²) in [6.07, 6.45) is 2.89. The number of carbonyl (C=O) groups excluding carboxylic acids is 1. The summed E-state index contributed by atoms with van der Waals surface area (Å²) >= 11 is 0. The van der Waals surface area contributed by atoms with Gasteiger partial charge in [-0.3, -0.25) is 4.79 Å². The quantitative estimate of drug-likeness (QED) is 0.655. The minimum Gasteiger partial charge on any atom is -0.469 e. The third-order valence-electron chi connectivity index (χ3n) is 9.30. The zero-order chi connectivity index (χ0) is 11.5. The summed E-state index contributed by atoms with van der Waals surface area (Å²) in [5.41, 5.74) is 0.0422. The van der Waals surface area contributed by atoms with E-state index in [2.05, 4.69) is 0 Å². The lowest BCUT2D eigenvalue weighted by Gasteiger charge is -2.36. The molecule has 8 rings (SSSR count). The van der Waals surface area contributed by atoms with Crippen LogP contribution in [0.5, 0.6) is 0 Å². The molecular weight excluding hydrogens is 224 g/mol. The van der Waals surface area contributed by atoms with Gasteiger partial charge in [0, 0.05) is 0 Å². The lowest BCUT2D eigenvalue weighted by Crippen LogP contribution is -2.43. The molecule has 18 heavy (non-hydrogen) atoms. The third kappa shape index (κ3) is 0.443. The van der Waals surface area contributed by atoms with Crippen LogP contribution in [-0.4, -0.2) is 13.1 Å². The molecule has 8 aliphatic carbocycles. The van der Waals surface area contributed by atoms with Gasteiger partial charge in [-0.2, -0.15) is 0 Å². The largest absolute Gasteiger partial charge is 0.469 e. The Labute approximate surface area is 106 Å². The maximum absolute atomic E-state index is 12.7. The summed E-state index contributed by atoms with van der Waals surface area (Å²) in [6.45, 7) is 0. The van der Waals surface area contributed by atoms with Crippen LogP contribution in [0, 0.1) is 70.5 Å². The summed E-state index contributed by atoms with van der Waals surface area (Å²) in [4.78, 5) is 12.7. The topological polar surface area (TPSA) is 26.3 Å². The fraction of sp³-hybridized carbons (Fsp3) is 0.938. The van der Waals surface area contributed by atoms with Crippen LogP contribution in [0.15, 0.2) is 0 Å². The molecule has 0 unspecified atom stereocenters. The Morgan fingerprint density at radius 1 is 0.944 bits per heavy atom. The van der Waals surface area contributed by atoms with Gasteiger partial charge in [-0.05, 0) is 77.9 Å². The van der Waals surface area contributed by atoms with Crippen molar-refractivity contribution in [2.24, 2.45) is 70.5 Å². The van der Waals surface area contributed by atoms with Crippen LogP contribution >= 0.6 is 0 Å². The molecule has 0 saturated heterocycles. The van der Waals surface area contributed by atoms with Gasteiger partial charge in [0.15, 0.2) is 0 Å². The van der Waals surface area contributed by atoms with Crippen molar-refractivity contribution in [1.82, 2.24) is 0 Å². The van der Waals surface area contributed by atoms with Gasteiger partial charge >= 0.3 is 5.97 Å². The fourth-order valence-electron chi connectivity index (χ4n) is 10.2. The second kappa shape index (κ2) is 1.99. The Hall–Kier alpha value is -0.530. The average molecular weight is 242 g/mol. The molecule has 4 bridgehead atoms. The van der Waals surface area contributed by atoms with E-state index in [1.165, 1.54) is 12.8 Å². The zero-order valence-corrected chi connectivity index (χ0v) is 10.6. The molecule has 8 aliphatic rings. The maximum atomic E-state index is 12.7. The van der Waals surface area contributed by atoms with E-state index >= 15 is 0 Å². The van der Waals surface area contributed by atoms with E-state index in [1.54, 1.807) is 7.11 Å². The molecule has 94 valence electrons. The standard InChI is InChI=1S/C16H18O2/c1-18-15(17)16-7-3-6-9-8-4-2-5(11(8)14(6)16)13(16)10(4)12(7)9/h4-14H,2-3H2,1H3/t4-,5+,6-,7+,8+,9+,10-,11+,12+,13-,14-,16+/m0/s1. The first-order valence-electron chi connectivity index (χ1n) is 7.90. The number of rotatable bonds is 1. The Morgan fingerprint density at radius 3 is 2.39 bits per heavy atom. The van der Waals surface area contributed by atoms with Crippen molar-refractivity contribution >= 4 is 5.97 Å². The van der Waals surface area contributed by atoms with Crippen LogP contribution in [0.4, 0.5) is 0 Å². The van der Waals surface area contributed by atoms with Crippen LogP contribution in [0.3, 0.4) is 0 Å². The van der Waals surface area contributed by atoms with Crippen molar-refractivity contribution in [3.8, 4) is 0 Å². The van der Waals surface area contributed by atoms with Gasteiger partial charge in [0.25, 0.3) is 0 Å². The summed E-state index contributed by atoms with van der Waals surface area (Å²) in [5.74, 6) is 10.5. The van der Waals surface area contributed by atoms with Crippen LogP contribution in [0.2, 0.25) is 0 Å². The second-order valence-electron chi connectivity index (χ2n) is 8.43. The zero-order valence-electron chi connectivity index (χ0n) is 10.6. The van der Waals surface area contributed by atoms with Crippen molar-refractivity contribution in [1.29, 1.82) is 0 Å². The lowest BCUT2D eigenvalue weighted by molar-refractivity contribution is -0.160. The molecule has 8 fully saturated rings. The van der Waals surface area contributed by atoms with Gasteiger partial charge in [-0.1, -0.05) is 0 Å². The van der Waals surface area contributed by atoms with Crippen LogP contribution in [0.25, 0.3) is 0 Å². The molecule has 0 radical (unpaired) electrons. The molecule has 2 nitrogen and oxygen atoms in total. The highest BCUT2D eigenvalue weighted by Crippen LogP contribution is 2.96. The summed E-state index contributed by atoms with van der Waals surface area (Å²) in [6, 6.07) is 0. The van der Waals surface area contributed by atoms with Gasteiger partial charge < -0.3 is 4.74 Å². The summed E-state index contributed by atoms with van der Waals surface area (Å²) < 4.78 is 5.35. The SMILES string of the molecule is COC(=O)[C@]12[C@H]3[C@H]4C[C@@H]1[C@@H]1[C@H]4[C@H]4[C@@H]5C[C@H]([C@H]43)[C@H]2[C@@H]51. The maximum Gasteiger partial charge on any atom is 0.312 e. The summed E-state index contributed by atoms with van der Waals surface area (Å²) in [7, 11) is 1.63. The molecule has 0 spiro atoms. The molecule has 0 aromatic heterocycles. The van der Waals surface area contributed by atoms with Gasteiger partial charge in [0.05, 0.1) is 12.5 Å². The predicted molar refractivity (Wildman–Crippen MR) is 62.1 cm³/mol. The monoisotopic (exact) mass is 242 g/mol. The van der Waals surface area contributed by atoms with Crippen molar-refractivity contribution in [2.75, 3.05) is 7.11 Å². The minimum atomic E-state index is 0.0422. The van der Waals surface area contributed by atoms with Gasteiger partial charge in [-0.25, -0.2) is 0 Å². The normalized spacial score (nSPS) is 81.1. The number of hydrogen-bond donors (Lipinski definition) is 0. The van der Waals surface area contributed by atoms with E-state index in [0.717, 1.165) is 65.1 Å². The summed E-state index contributed by atoms with van der Waals surface area (Å²) in [5, 5.41) is 0. The molecule has 0 heterocycles. The molecule has 12 atom stereocenters. The smallest absolute Gasteiger partial charge is 0.312 e. The molecule has 0 aromatic carbocycles. The highest BCUT2D eigenvalue weighted by Gasteiger charge is 2.95. The van der Waals surface area contributed by atoms with E-state index in [0.29, 0.717) is 0 Å². The number of methoxy groups -OCH3 is 1. The first-order valence-corrected chi connectivity index (χ1v) is 7.90. The van der Waals surface area contributed by atoms with E-state index in [4.69, 9.17) is 4.74 Å². The number of esters is 1. The molecule has 8 saturated carbocycles. The van der Waals surface area contributed by atoms with Crippen molar-refractivity contribution in [3.63, 3.8) is 0 Å². The molecular formula is C16H18O2. The first kappa shape index (κ1) is 8.60. The molecule has 0 aromatic rings. The van der Waals surface area contributed by atoms with Crippen molar-refractivity contribution in [3.05, 3.63) is 0 Å². The van der Waals surface area contributed by atoms with E-state index in [1.807, 2.05) is 0 Å². The number of carbonyl (C=O) groups is 1. The third-order valence-corrected chi connectivity index (χ3v) is 9.30. The second-order valence-corrected chi connectivity index (χ2v) is 8.43. The minimum absolute atomic E-state index is 0.0422. The van der Waals surface area contributed by atoms with E-state index in [-0.39, 0.29) is 11.4 Å². The Kier molecular flexibility index (Phi) is 0.953. The van der Waals surface area contributed by atoms with Crippen molar-refractivity contribution < 1.29 is 9.53 Å². The van der Waals surface area contributed by atoms with Crippen LogP contribution in [-0.2, 0) is 9.53 Å². The Bertz CT molecular complexity index is 529. The predicted octanol–water partition coefficient (Wildman–Crippen LogP) is 1.80. The van der Waals surface area contributed by atoms with Gasteiger partial charge in [-0.15, -0.1) is 0 Å². The van der Waals surface area contributed by atoms with Gasteiger partial charge in [0.2, 0.25) is 0 Å². The van der Waals surface area contributed by atoms with Crippen molar-refractivity contribution in [2.45, 2.75) is 12.8 Å². The molecule has 2 heteroatoms.